The number of rotatable bonds is 6. The molecule has 2 N–H and O–H groups in total. The van der Waals surface area contributed by atoms with E-state index in [1.54, 1.807) is 14.2 Å². The molecule has 0 atom stereocenters. The van der Waals surface area contributed by atoms with Crippen molar-refractivity contribution in [2.45, 2.75) is 6.54 Å². The van der Waals surface area contributed by atoms with Crippen LogP contribution in [0.5, 0.6) is 23.0 Å². The highest BCUT2D eigenvalue weighted by molar-refractivity contribution is 7.80. The standard InChI is InChI=1S/C21H26N4O4S/c1-26-16-4-6-18(27-2)17(12-16)22-21(30)23-25-9-7-24(8-10-25)13-15-3-5-19-20(11-15)29-14-28-19/h3-6,11-12H,7-10,13-14H2,1-2H3,(H2,22,23,30). The van der Waals surface area contributed by atoms with E-state index in [4.69, 9.17) is 31.2 Å². The second-order valence-electron chi connectivity index (χ2n) is 7.08. The van der Waals surface area contributed by atoms with Gasteiger partial charge in [0.15, 0.2) is 16.6 Å². The number of hydrazine groups is 1. The average molecular weight is 431 g/mol. The van der Waals surface area contributed by atoms with Crippen LogP contribution >= 0.6 is 12.2 Å². The van der Waals surface area contributed by atoms with Gasteiger partial charge in [-0.3, -0.25) is 10.3 Å². The van der Waals surface area contributed by atoms with Crippen LogP contribution in [-0.4, -0.2) is 62.2 Å². The minimum absolute atomic E-state index is 0.304. The predicted molar refractivity (Wildman–Crippen MR) is 118 cm³/mol. The number of benzene rings is 2. The molecule has 0 radical (unpaired) electrons. The number of hydrogen-bond donors (Lipinski definition) is 2. The number of thiocarbonyl (C=S) groups is 1. The van der Waals surface area contributed by atoms with Gasteiger partial charge in [0.1, 0.15) is 11.5 Å². The Kier molecular flexibility index (Phi) is 6.41. The fraction of sp³-hybridized carbons (Fsp3) is 0.381. The Hall–Kier alpha value is -2.75. The smallest absolute Gasteiger partial charge is 0.231 e. The molecule has 2 aliphatic rings. The summed E-state index contributed by atoms with van der Waals surface area (Å²) >= 11 is 5.48. The lowest BCUT2D eigenvalue weighted by Crippen LogP contribution is -2.54. The molecule has 0 aliphatic carbocycles. The van der Waals surface area contributed by atoms with Crippen LogP contribution in [-0.2, 0) is 6.54 Å². The van der Waals surface area contributed by atoms with Crippen LogP contribution in [0.1, 0.15) is 5.56 Å². The molecule has 0 saturated carbocycles. The molecule has 0 unspecified atom stereocenters. The van der Waals surface area contributed by atoms with Crippen molar-refractivity contribution in [1.29, 1.82) is 0 Å². The molecule has 8 nitrogen and oxygen atoms in total. The summed E-state index contributed by atoms with van der Waals surface area (Å²) < 4.78 is 21.5. The molecule has 2 aromatic rings. The molecule has 9 heteroatoms. The quantitative estimate of drug-likeness (QED) is 0.673. The third kappa shape index (κ3) is 4.86. The van der Waals surface area contributed by atoms with Crippen molar-refractivity contribution in [2.24, 2.45) is 0 Å². The van der Waals surface area contributed by atoms with Crippen LogP contribution in [0.15, 0.2) is 36.4 Å². The first-order valence-electron chi connectivity index (χ1n) is 9.80. The molecule has 2 aromatic carbocycles. The number of hydrogen-bond acceptors (Lipinski definition) is 7. The topological polar surface area (TPSA) is 67.5 Å². The molecule has 2 aliphatic heterocycles. The SMILES string of the molecule is COc1ccc(OC)c(NC(=S)NN2CCN(Cc3ccc4c(c3)OCO4)CC2)c1. The summed E-state index contributed by atoms with van der Waals surface area (Å²) in [4.78, 5) is 2.41. The number of ether oxygens (including phenoxy) is 4. The molecule has 160 valence electrons. The maximum absolute atomic E-state index is 5.48. The molecule has 1 saturated heterocycles. The van der Waals surface area contributed by atoms with Crippen LogP contribution < -0.4 is 29.7 Å². The van der Waals surface area contributed by atoms with E-state index < -0.39 is 0 Å². The van der Waals surface area contributed by atoms with E-state index in [0.717, 1.165) is 55.7 Å². The van der Waals surface area contributed by atoms with Gasteiger partial charge in [-0.05, 0) is 42.0 Å². The summed E-state index contributed by atoms with van der Waals surface area (Å²) in [5, 5.41) is 5.84. The van der Waals surface area contributed by atoms with E-state index >= 15 is 0 Å². The van der Waals surface area contributed by atoms with Crippen LogP contribution in [0, 0.1) is 0 Å². The maximum Gasteiger partial charge on any atom is 0.231 e. The third-order valence-electron chi connectivity index (χ3n) is 5.13. The van der Waals surface area contributed by atoms with Gasteiger partial charge in [-0.1, -0.05) is 6.07 Å². The van der Waals surface area contributed by atoms with E-state index in [1.165, 1.54) is 5.56 Å². The van der Waals surface area contributed by atoms with Gasteiger partial charge in [0.25, 0.3) is 0 Å². The van der Waals surface area contributed by atoms with Crippen molar-refractivity contribution in [3.8, 4) is 23.0 Å². The Morgan fingerprint density at radius 2 is 1.80 bits per heavy atom. The van der Waals surface area contributed by atoms with Gasteiger partial charge < -0.3 is 24.3 Å². The number of piperazine rings is 1. The average Bonchev–Trinajstić information content (AvgIpc) is 3.23. The highest BCUT2D eigenvalue weighted by Crippen LogP contribution is 2.33. The monoisotopic (exact) mass is 430 g/mol. The lowest BCUT2D eigenvalue weighted by Gasteiger charge is -2.35. The van der Waals surface area contributed by atoms with Crippen molar-refractivity contribution in [3.05, 3.63) is 42.0 Å². The van der Waals surface area contributed by atoms with Crippen LogP contribution in [0.2, 0.25) is 0 Å². The summed E-state index contributed by atoms with van der Waals surface area (Å²) in [7, 11) is 3.26. The summed E-state index contributed by atoms with van der Waals surface area (Å²) in [6.07, 6.45) is 0. The van der Waals surface area contributed by atoms with Crippen LogP contribution in [0.4, 0.5) is 5.69 Å². The first-order valence-corrected chi connectivity index (χ1v) is 10.2. The first-order chi connectivity index (χ1) is 14.6. The fourth-order valence-electron chi connectivity index (χ4n) is 3.52. The van der Waals surface area contributed by atoms with Crippen molar-refractivity contribution in [2.75, 3.05) is 52.5 Å². The Bertz CT molecular complexity index is 903. The predicted octanol–water partition coefficient (Wildman–Crippen LogP) is 2.45. The summed E-state index contributed by atoms with van der Waals surface area (Å²) in [5.41, 5.74) is 5.25. The van der Waals surface area contributed by atoms with E-state index in [2.05, 4.69) is 32.8 Å². The third-order valence-corrected chi connectivity index (χ3v) is 5.32. The normalized spacial score (nSPS) is 16.2. The fourth-order valence-corrected chi connectivity index (χ4v) is 3.76. The first kappa shape index (κ1) is 20.5. The van der Waals surface area contributed by atoms with Crippen molar-refractivity contribution < 1.29 is 18.9 Å². The van der Waals surface area contributed by atoms with Gasteiger partial charge in [-0.25, -0.2) is 5.01 Å². The van der Waals surface area contributed by atoms with Gasteiger partial charge in [-0.15, -0.1) is 0 Å². The number of fused-ring (bicyclic) bond motifs is 1. The number of methoxy groups -OCH3 is 2. The van der Waals surface area contributed by atoms with Gasteiger partial charge in [0.2, 0.25) is 6.79 Å². The van der Waals surface area contributed by atoms with Gasteiger partial charge in [0, 0.05) is 38.8 Å². The summed E-state index contributed by atoms with van der Waals surface area (Å²) in [6, 6.07) is 11.7. The van der Waals surface area contributed by atoms with Crippen LogP contribution in [0.25, 0.3) is 0 Å². The molecule has 0 aromatic heterocycles. The highest BCUT2D eigenvalue weighted by atomic mass is 32.1. The second kappa shape index (κ2) is 9.38. The minimum Gasteiger partial charge on any atom is -0.497 e. The molecular formula is C21H26N4O4S. The van der Waals surface area contributed by atoms with Gasteiger partial charge in [0.05, 0.1) is 19.9 Å². The molecule has 30 heavy (non-hydrogen) atoms. The largest absolute Gasteiger partial charge is 0.497 e. The number of nitrogens with one attached hydrogen (secondary N) is 2. The molecule has 1 fully saturated rings. The molecule has 0 bridgehead atoms. The lowest BCUT2D eigenvalue weighted by molar-refractivity contribution is 0.108. The minimum atomic E-state index is 0.304. The van der Waals surface area contributed by atoms with E-state index in [0.29, 0.717) is 17.7 Å². The number of anilines is 1. The van der Waals surface area contributed by atoms with E-state index in [9.17, 15) is 0 Å². The lowest BCUT2D eigenvalue weighted by atomic mass is 10.2. The van der Waals surface area contributed by atoms with E-state index in [-0.39, 0.29) is 0 Å². The zero-order valence-corrected chi connectivity index (χ0v) is 18.0. The molecule has 0 amide bonds. The van der Waals surface area contributed by atoms with Crippen molar-refractivity contribution in [1.82, 2.24) is 15.3 Å². The Morgan fingerprint density at radius 1 is 1.00 bits per heavy atom. The zero-order chi connectivity index (χ0) is 20.9. The van der Waals surface area contributed by atoms with Crippen molar-refractivity contribution >= 4 is 23.0 Å². The Labute approximate surface area is 181 Å². The molecule has 2 heterocycles. The molecular weight excluding hydrogens is 404 g/mol. The summed E-state index contributed by atoms with van der Waals surface area (Å²) in [5.74, 6) is 3.09. The second-order valence-corrected chi connectivity index (χ2v) is 7.49. The Balaban J connectivity index is 1.26. The molecule has 4 rings (SSSR count). The zero-order valence-electron chi connectivity index (χ0n) is 17.1. The Morgan fingerprint density at radius 3 is 2.57 bits per heavy atom. The van der Waals surface area contributed by atoms with Crippen molar-refractivity contribution in [3.63, 3.8) is 0 Å². The highest BCUT2D eigenvalue weighted by Gasteiger charge is 2.19. The number of nitrogens with zero attached hydrogens (tertiary/aromatic N) is 2. The maximum atomic E-state index is 5.48. The van der Waals surface area contributed by atoms with E-state index in [1.807, 2.05) is 24.3 Å². The van der Waals surface area contributed by atoms with Crippen LogP contribution in [0.3, 0.4) is 0 Å². The summed E-state index contributed by atoms with van der Waals surface area (Å²) in [6.45, 7) is 4.79. The van der Waals surface area contributed by atoms with Gasteiger partial charge >= 0.3 is 0 Å². The molecule has 0 spiro atoms. The van der Waals surface area contributed by atoms with Gasteiger partial charge in [-0.2, -0.15) is 0 Å².